The molecule has 1 aromatic heterocycles. The van der Waals surface area contributed by atoms with Crippen LogP contribution in [0.4, 0.5) is 34.4 Å². The monoisotopic (exact) mass is 448 g/mol. The van der Waals surface area contributed by atoms with Crippen LogP contribution in [0.3, 0.4) is 0 Å². The van der Waals surface area contributed by atoms with Crippen LogP contribution in [0.25, 0.3) is 0 Å². The topological polar surface area (TPSA) is 132 Å². The predicted molar refractivity (Wildman–Crippen MR) is 125 cm³/mol. The first-order chi connectivity index (χ1) is 16.1. The fourth-order valence-corrected chi connectivity index (χ4v) is 3.54. The number of piperazine rings is 1. The van der Waals surface area contributed by atoms with Crippen LogP contribution in [-0.2, 0) is 0 Å². The molecule has 0 unspecified atom stereocenters. The number of aliphatic hydroxyl groups excluding tert-OH is 1. The van der Waals surface area contributed by atoms with Gasteiger partial charge in [0.1, 0.15) is 6.33 Å². The van der Waals surface area contributed by atoms with Gasteiger partial charge >= 0.3 is 5.69 Å². The van der Waals surface area contributed by atoms with Crippen molar-refractivity contribution in [1.29, 1.82) is 0 Å². The number of benzene rings is 2. The molecule has 0 spiro atoms. The molecule has 1 saturated heterocycles. The van der Waals surface area contributed by atoms with E-state index in [1.165, 1.54) is 6.33 Å². The fraction of sp³-hybridized carbons (Fsp3) is 0.273. The van der Waals surface area contributed by atoms with E-state index < -0.39 is 4.92 Å². The molecule has 4 rings (SSSR count). The second-order valence-corrected chi connectivity index (χ2v) is 7.41. The Morgan fingerprint density at radius 1 is 0.970 bits per heavy atom. The Morgan fingerprint density at radius 3 is 2.27 bits per heavy atom. The van der Waals surface area contributed by atoms with E-state index in [0.717, 1.165) is 5.69 Å². The molecular weight excluding hydrogens is 424 g/mol. The SMILES string of the molecule is O=[N+]([O-])c1c(Nc2ccc(N=Nc3ccccc3)cc2)ncnc1N1CCN(CCO)CC1. The second kappa shape index (κ2) is 10.6. The van der Waals surface area contributed by atoms with Crippen LogP contribution >= 0.6 is 0 Å². The van der Waals surface area contributed by atoms with Gasteiger partial charge in [0.2, 0.25) is 11.6 Å². The molecule has 1 aliphatic heterocycles. The van der Waals surface area contributed by atoms with Gasteiger partial charge in [0.25, 0.3) is 0 Å². The molecule has 0 aliphatic carbocycles. The van der Waals surface area contributed by atoms with Gasteiger partial charge in [0, 0.05) is 38.4 Å². The van der Waals surface area contributed by atoms with Crippen LogP contribution in [0.2, 0.25) is 0 Å². The lowest BCUT2D eigenvalue weighted by Crippen LogP contribution is -2.47. The maximum atomic E-state index is 11.9. The third-order valence-electron chi connectivity index (χ3n) is 5.24. The molecule has 2 aromatic carbocycles. The number of rotatable bonds is 8. The Bertz CT molecular complexity index is 1100. The summed E-state index contributed by atoms with van der Waals surface area (Å²) >= 11 is 0. The van der Waals surface area contributed by atoms with E-state index in [1.807, 2.05) is 35.2 Å². The zero-order valence-corrected chi connectivity index (χ0v) is 17.9. The smallest absolute Gasteiger partial charge is 0.353 e. The minimum Gasteiger partial charge on any atom is -0.395 e. The molecule has 2 N–H and O–H groups in total. The number of nitrogens with zero attached hydrogens (tertiary/aromatic N) is 7. The third-order valence-corrected chi connectivity index (χ3v) is 5.24. The Labute approximate surface area is 190 Å². The first-order valence-electron chi connectivity index (χ1n) is 10.6. The van der Waals surface area contributed by atoms with E-state index in [0.29, 0.717) is 44.1 Å². The lowest BCUT2D eigenvalue weighted by molar-refractivity contribution is -0.383. The van der Waals surface area contributed by atoms with Gasteiger partial charge in [-0.1, -0.05) is 18.2 Å². The number of anilines is 3. The average molecular weight is 448 g/mol. The van der Waals surface area contributed by atoms with Crippen molar-refractivity contribution in [2.45, 2.75) is 0 Å². The summed E-state index contributed by atoms with van der Waals surface area (Å²) in [5.74, 6) is 0.413. The Hall–Kier alpha value is -3.96. The van der Waals surface area contributed by atoms with E-state index in [1.54, 1.807) is 24.3 Å². The zero-order valence-electron chi connectivity index (χ0n) is 17.9. The minimum atomic E-state index is -0.458. The molecule has 0 amide bonds. The molecule has 0 atom stereocenters. The Balaban J connectivity index is 1.49. The van der Waals surface area contributed by atoms with Gasteiger partial charge in [-0.25, -0.2) is 9.97 Å². The maximum Gasteiger partial charge on any atom is 0.353 e. The van der Waals surface area contributed by atoms with Crippen LogP contribution in [0.15, 0.2) is 71.2 Å². The van der Waals surface area contributed by atoms with Crippen LogP contribution in [0, 0.1) is 10.1 Å². The van der Waals surface area contributed by atoms with E-state index >= 15 is 0 Å². The fourth-order valence-electron chi connectivity index (χ4n) is 3.54. The van der Waals surface area contributed by atoms with Crippen LogP contribution < -0.4 is 10.2 Å². The Kier molecular flexibility index (Phi) is 7.12. The molecule has 170 valence electrons. The quantitative estimate of drug-likeness (QED) is 0.303. The van der Waals surface area contributed by atoms with Crippen LogP contribution in [0.1, 0.15) is 0 Å². The van der Waals surface area contributed by atoms with Crippen molar-refractivity contribution in [3.63, 3.8) is 0 Å². The first kappa shape index (κ1) is 22.2. The summed E-state index contributed by atoms with van der Waals surface area (Å²) in [5.41, 5.74) is 1.87. The van der Waals surface area contributed by atoms with E-state index in [4.69, 9.17) is 5.11 Å². The molecule has 1 fully saturated rings. The van der Waals surface area contributed by atoms with Gasteiger partial charge in [-0.15, -0.1) is 0 Å². The van der Waals surface area contributed by atoms with Gasteiger partial charge in [-0.3, -0.25) is 15.0 Å². The highest BCUT2D eigenvalue weighted by Gasteiger charge is 2.29. The lowest BCUT2D eigenvalue weighted by atomic mass is 10.2. The van der Waals surface area contributed by atoms with Crippen molar-refractivity contribution >= 4 is 34.4 Å². The van der Waals surface area contributed by atoms with Crippen molar-refractivity contribution in [1.82, 2.24) is 14.9 Å². The van der Waals surface area contributed by atoms with Gasteiger partial charge in [-0.05, 0) is 36.4 Å². The Morgan fingerprint density at radius 2 is 1.64 bits per heavy atom. The highest BCUT2D eigenvalue weighted by atomic mass is 16.6. The number of nitrogens with one attached hydrogen (secondary N) is 1. The third kappa shape index (κ3) is 5.64. The largest absolute Gasteiger partial charge is 0.395 e. The summed E-state index contributed by atoms with van der Waals surface area (Å²) in [6.07, 6.45) is 1.33. The molecule has 3 aromatic rings. The molecule has 11 nitrogen and oxygen atoms in total. The highest BCUT2D eigenvalue weighted by Crippen LogP contribution is 2.34. The molecule has 1 aliphatic rings. The summed E-state index contributed by atoms with van der Waals surface area (Å²) in [6, 6.07) is 16.5. The minimum absolute atomic E-state index is 0.0914. The molecule has 33 heavy (non-hydrogen) atoms. The van der Waals surface area contributed by atoms with Gasteiger partial charge in [0.05, 0.1) is 22.9 Å². The maximum absolute atomic E-state index is 11.9. The van der Waals surface area contributed by atoms with E-state index in [9.17, 15) is 10.1 Å². The molecule has 2 heterocycles. The van der Waals surface area contributed by atoms with E-state index in [-0.39, 0.29) is 23.9 Å². The lowest BCUT2D eigenvalue weighted by Gasteiger charge is -2.34. The van der Waals surface area contributed by atoms with Crippen LogP contribution in [-0.4, -0.2) is 64.2 Å². The number of β-amino-alcohol motifs (C(OH)–C–C–N with tert-alkyl or cyclic N) is 1. The summed E-state index contributed by atoms with van der Waals surface area (Å²) in [4.78, 5) is 23.8. The van der Waals surface area contributed by atoms with Crippen molar-refractivity contribution in [2.24, 2.45) is 10.2 Å². The van der Waals surface area contributed by atoms with E-state index in [2.05, 4.69) is 30.4 Å². The number of hydrogen-bond acceptors (Lipinski definition) is 10. The molecule has 0 saturated carbocycles. The zero-order chi connectivity index (χ0) is 23.0. The number of hydrogen-bond donors (Lipinski definition) is 2. The summed E-state index contributed by atoms with van der Waals surface area (Å²) in [7, 11) is 0. The number of aliphatic hydroxyl groups is 1. The van der Waals surface area contributed by atoms with Crippen molar-refractivity contribution in [3.8, 4) is 0 Å². The summed E-state index contributed by atoms with van der Waals surface area (Å²) in [6.45, 7) is 3.24. The van der Waals surface area contributed by atoms with Crippen molar-refractivity contribution in [3.05, 3.63) is 71.0 Å². The highest BCUT2D eigenvalue weighted by molar-refractivity contribution is 5.74. The molecule has 0 radical (unpaired) electrons. The van der Waals surface area contributed by atoms with Gasteiger partial charge in [0.15, 0.2) is 0 Å². The molecule has 11 heteroatoms. The van der Waals surface area contributed by atoms with Gasteiger partial charge < -0.3 is 15.3 Å². The van der Waals surface area contributed by atoms with Crippen molar-refractivity contribution in [2.75, 3.05) is 49.5 Å². The number of nitro groups is 1. The standard InChI is InChI=1S/C22H24N8O3/c31-15-14-28-10-12-29(13-11-28)22-20(30(32)33)21(23-16-24-22)25-17-6-8-19(9-7-17)27-26-18-4-2-1-3-5-18/h1-9,16,31H,10-15H2,(H,23,24,25). The average Bonchev–Trinajstić information content (AvgIpc) is 2.85. The molecule has 0 bridgehead atoms. The number of azo groups is 1. The summed E-state index contributed by atoms with van der Waals surface area (Å²) in [5, 5.41) is 32.4. The van der Waals surface area contributed by atoms with Crippen molar-refractivity contribution < 1.29 is 10.0 Å². The normalized spacial score (nSPS) is 14.5. The number of aromatic nitrogens is 2. The van der Waals surface area contributed by atoms with Crippen LogP contribution in [0.5, 0.6) is 0 Å². The summed E-state index contributed by atoms with van der Waals surface area (Å²) < 4.78 is 0. The first-order valence-corrected chi connectivity index (χ1v) is 10.6. The molecular formula is C22H24N8O3. The second-order valence-electron chi connectivity index (χ2n) is 7.41. The van der Waals surface area contributed by atoms with Gasteiger partial charge in [-0.2, -0.15) is 10.2 Å². The predicted octanol–water partition coefficient (Wildman–Crippen LogP) is 3.66.